The van der Waals surface area contributed by atoms with E-state index >= 15 is 0 Å². The molecule has 6 heteroatoms. The predicted molar refractivity (Wildman–Crippen MR) is 78.3 cm³/mol. The Kier molecular flexibility index (Phi) is 6.98. The molecular formula is C14H23NO4S. The van der Waals surface area contributed by atoms with Gasteiger partial charge in [0.05, 0.1) is 18.1 Å². The molecule has 1 rings (SSSR count). The van der Waals surface area contributed by atoms with E-state index in [9.17, 15) is 8.42 Å². The average Bonchev–Trinajstić information content (AvgIpc) is 2.45. The third kappa shape index (κ3) is 5.11. The van der Waals surface area contributed by atoms with Crippen LogP contribution in [0.15, 0.2) is 29.2 Å². The molecule has 20 heavy (non-hydrogen) atoms. The number of unbranched alkanes of at least 4 members (excludes halogenated alkanes) is 1. The highest BCUT2D eigenvalue weighted by Crippen LogP contribution is 2.16. The van der Waals surface area contributed by atoms with E-state index in [1.807, 2.05) is 6.92 Å². The van der Waals surface area contributed by atoms with Gasteiger partial charge in [0.2, 0.25) is 10.0 Å². The number of aliphatic hydroxyl groups excluding tert-OH is 1. The minimum Gasteiger partial charge on any atom is -0.494 e. The molecular weight excluding hydrogens is 278 g/mol. The third-order valence-corrected chi connectivity index (χ3v) is 4.47. The summed E-state index contributed by atoms with van der Waals surface area (Å²) >= 11 is 0. The maximum Gasteiger partial charge on any atom is 0.240 e. The molecule has 0 saturated carbocycles. The summed E-state index contributed by atoms with van der Waals surface area (Å²) in [5, 5.41) is 9.05. The van der Waals surface area contributed by atoms with Gasteiger partial charge in [-0.05, 0) is 37.1 Å². The van der Waals surface area contributed by atoms with Crippen molar-refractivity contribution < 1.29 is 18.3 Å². The molecule has 0 bridgehead atoms. The fourth-order valence-corrected chi connectivity index (χ4v) is 2.90. The van der Waals surface area contributed by atoms with Crippen LogP contribution in [0.3, 0.4) is 0 Å². The van der Waals surface area contributed by atoms with Gasteiger partial charge in [-0.3, -0.25) is 0 Å². The Hall–Kier alpha value is -1.11. The molecule has 0 amide bonds. The second-order valence-electron chi connectivity index (χ2n) is 4.58. The zero-order valence-electron chi connectivity index (χ0n) is 12.0. The van der Waals surface area contributed by atoms with Crippen molar-refractivity contribution in [3.63, 3.8) is 0 Å². The molecule has 0 aliphatic rings. The number of nitrogens with one attached hydrogen (secondary N) is 1. The van der Waals surface area contributed by atoms with Crippen molar-refractivity contribution in [1.82, 2.24) is 4.72 Å². The first-order valence-electron chi connectivity index (χ1n) is 6.89. The molecule has 0 saturated heterocycles. The molecule has 114 valence electrons. The van der Waals surface area contributed by atoms with Crippen LogP contribution in [0.5, 0.6) is 5.75 Å². The Balaban J connectivity index is 2.71. The lowest BCUT2D eigenvalue weighted by Gasteiger charge is -2.14. The van der Waals surface area contributed by atoms with E-state index in [1.165, 1.54) is 12.1 Å². The lowest BCUT2D eigenvalue weighted by molar-refractivity contribution is 0.254. The summed E-state index contributed by atoms with van der Waals surface area (Å²) in [6, 6.07) is 5.84. The van der Waals surface area contributed by atoms with Crippen LogP contribution in [0.4, 0.5) is 0 Å². The topological polar surface area (TPSA) is 75.6 Å². The molecule has 0 radical (unpaired) electrons. The number of aliphatic hydroxyl groups is 1. The van der Waals surface area contributed by atoms with E-state index in [0.717, 1.165) is 12.8 Å². The highest BCUT2D eigenvalue weighted by atomic mass is 32.2. The minimum absolute atomic E-state index is 0.173. The summed E-state index contributed by atoms with van der Waals surface area (Å²) < 4.78 is 32.1. The molecule has 0 heterocycles. The van der Waals surface area contributed by atoms with Gasteiger partial charge >= 0.3 is 0 Å². The number of sulfonamides is 1. The summed E-state index contributed by atoms with van der Waals surface area (Å²) in [5.41, 5.74) is 0. The first kappa shape index (κ1) is 16.9. The molecule has 0 unspecified atom stereocenters. The molecule has 0 spiro atoms. The van der Waals surface area contributed by atoms with Crippen molar-refractivity contribution in [1.29, 1.82) is 0 Å². The summed E-state index contributed by atoms with van der Waals surface area (Å²) in [6.45, 7) is 4.31. The van der Waals surface area contributed by atoms with Gasteiger partial charge in [-0.15, -0.1) is 0 Å². The van der Waals surface area contributed by atoms with Crippen molar-refractivity contribution >= 4 is 10.0 Å². The van der Waals surface area contributed by atoms with Crippen molar-refractivity contribution in [2.75, 3.05) is 13.2 Å². The lowest BCUT2D eigenvalue weighted by Crippen LogP contribution is -2.36. The van der Waals surface area contributed by atoms with Gasteiger partial charge in [0.25, 0.3) is 0 Å². The minimum atomic E-state index is -3.59. The average molecular weight is 301 g/mol. The van der Waals surface area contributed by atoms with E-state index in [2.05, 4.69) is 11.6 Å². The van der Waals surface area contributed by atoms with Crippen LogP contribution in [0.25, 0.3) is 0 Å². The molecule has 0 aliphatic heterocycles. The fraction of sp³-hybridized carbons (Fsp3) is 0.571. The highest BCUT2D eigenvalue weighted by molar-refractivity contribution is 7.89. The van der Waals surface area contributed by atoms with Crippen LogP contribution < -0.4 is 9.46 Å². The standard InChI is InChI=1S/C14H23NO4S/c1-3-5-10-19-13-6-8-14(9-7-13)20(17,18)15-12(4-2)11-16/h6-9,12,15-16H,3-5,10-11H2,1-2H3/t12-/m0/s1. The lowest BCUT2D eigenvalue weighted by atomic mass is 10.3. The first-order chi connectivity index (χ1) is 9.53. The van der Waals surface area contributed by atoms with E-state index in [0.29, 0.717) is 18.8 Å². The van der Waals surface area contributed by atoms with Gasteiger partial charge in [-0.2, -0.15) is 0 Å². The summed E-state index contributed by atoms with van der Waals surface area (Å²) in [7, 11) is -3.59. The molecule has 1 aromatic rings. The van der Waals surface area contributed by atoms with Crippen LogP contribution in [0, 0.1) is 0 Å². The monoisotopic (exact) mass is 301 g/mol. The molecule has 5 nitrogen and oxygen atoms in total. The van der Waals surface area contributed by atoms with Crippen molar-refractivity contribution in [2.45, 2.75) is 44.0 Å². The molecule has 0 aliphatic carbocycles. The SMILES string of the molecule is CCCCOc1ccc(S(=O)(=O)N[C@@H](CC)CO)cc1. The van der Waals surface area contributed by atoms with Crippen molar-refractivity contribution in [3.05, 3.63) is 24.3 Å². The van der Waals surface area contributed by atoms with Crippen LogP contribution in [0.2, 0.25) is 0 Å². The van der Waals surface area contributed by atoms with Gasteiger partial charge in [0, 0.05) is 6.04 Å². The summed E-state index contributed by atoms with van der Waals surface area (Å²) in [6.07, 6.45) is 2.56. The van der Waals surface area contributed by atoms with Crippen LogP contribution >= 0.6 is 0 Å². The van der Waals surface area contributed by atoms with E-state index in [4.69, 9.17) is 9.84 Å². The number of ether oxygens (including phenoxy) is 1. The third-order valence-electron chi connectivity index (χ3n) is 2.94. The van der Waals surface area contributed by atoms with Gasteiger partial charge in [-0.25, -0.2) is 13.1 Å². The summed E-state index contributed by atoms with van der Waals surface area (Å²) in [5.74, 6) is 0.659. The van der Waals surface area contributed by atoms with Gasteiger partial charge in [0.15, 0.2) is 0 Å². The maximum absolute atomic E-state index is 12.1. The Morgan fingerprint density at radius 3 is 2.40 bits per heavy atom. The van der Waals surface area contributed by atoms with Gasteiger partial charge in [0.1, 0.15) is 5.75 Å². The zero-order chi connectivity index (χ0) is 15.0. The molecule has 0 fully saturated rings. The zero-order valence-corrected chi connectivity index (χ0v) is 12.8. The van der Waals surface area contributed by atoms with Crippen LogP contribution in [0.1, 0.15) is 33.1 Å². The normalized spacial score (nSPS) is 13.2. The van der Waals surface area contributed by atoms with Gasteiger partial charge in [-0.1, -0.05) is 20.3 Å². The van der Waals surface area contributed by atoms with Gasteiger partial charge < -0.3 is 9.84 Å². The Morgan fingerprint density at radius 1 is 1.25 bits per heavy atom. The number of rotatable bonds is 9. The smallest absolute Gasteiger partial charge is 0.240 e. The Morgan fingerprint density at radius 2 is 1.90 bits per heavy atom. The highest BCUT2D eigenvalue weighted by Gasteiger charge is 2.18. The molecule has 0 aromatic heterocycles. The fourth-order valence-electron chi connectivity index (χ4n) is 1.59. The van der Waals surface area contributed by atoms with E-state index < -0.39 is 16.1 Å². The van der Waals surface area contributed by atoms with E-state index in [-0.39, 0.29) is 11.5 Å². The number of benzene rings is 1. The Labute approximate surface area is 121 Å². The largest absolute Gasteiger partial charge is 0.494 e. The van der Waals surface area contributed by atoms with Crippen molar-refractivity contribution in [2.24, 2.45) is 0 Å². The Bertz CT molecular complexity index is 480. The van der Waals surface area contributed by atoms with Crippen LogP contribution in [-0.2, 0) is 10.0 Å². The molecule has 1 atom stereocenters. The second kappa shape index (κ2) is 8.24. The number of hydrogen-bond acceptors (Lipinski definition) is 4. The summed E-state index contributed by atoms with van der Waals surface area (Å²) in [4.78, 5) is 0.173. The van der Waals surface area contributed by atoms with Crippen LogP contribution in [-0.4, -0.2) is 32.8 Å². The molecule has 1 aromatic carbocycles. The first-order valence-corrected chi connectivity index (χ1v) is 8.37. The quantitative estimate of drug-likeness (QED) is 0.683. The predicted octanol–water partition coefficient (Wildman–Crippen LogP) is 1.91. The second-order valence-corrected chi connectivity index (χ2v) is 6.30. The number of hydrogen-bond donors (Lipinski definition) is 2. The maximum atomic E-state index is 12.1. The van der Waals surface area contributed by atoms with E-state index in [1.54, 1.807) is 12.1 Å². The molecule has 2 N–H and O–H groups in total. The van der Waals surface area contributed by atoms with Crippen molar-refractivity contribution in [3.8, 4) is 5.75 Å².